The Morgan fingerprint density at radius 1 is 1.00 bits per heavy atom. The molecule has 2 atom stereocenters. The first-order valence-corrected chi connectivity index (χ1v) is 6.42. The topological polar surface area (TPSA) is 24.9 Å². The van der Waals surface area contributed by atoms with E-state index < -0.39 is 0 Å². The van der Waals surface area contributed by atoms with E-state index in [1.807, 2.05) is 18.3 Å². The van der Waals surface area contributed by atoms with E-state index in [0.29, 0.717) is 12.0 Å². The van der Waals surface area contributed by atoms with Crippen LogP contribution in [0.25, 0.3) is 0 Å². The maximum atomic E-state index is 4.49. The molecule has 2 aromatic rings. The molecule has 0 spiro atoms. The van der Waals surface area contributed by atoms with Gasteiger partial charge in [-0.05, 0) is 29.7 Å². The molecule has 2 heteroatoms. The highest BCUT2D eigenvalue weighted by Gasteiger charge is 2.59. The first-order chi connectivity index (χ1) is 8.69. The molecule has 0 radical (unpaired) electrons. The number of nitrogens with one attached hydrogen (secondary N) is 1. The zero-order chi connectivity index (χ0) is 12.6. The Morgan fingerprint density at radius 3 is 2.39 bits per heavy atom. The van der Waals surface area contributed by atoms with Gasteiger partial charge in [0.1, 0.15) is 0 Å². The molecule has 2 nitrogen and oxygen atoms in total. The molecule has 18 heavy (non-hydrogen) atoms. The molecule has 0 bridgehead atoms. The lowest BCUT2D eigenvalue weighted by atomic mass is 10.1. The molecule has 1 aliphatic carbocycles. The number of pyridine rings is 1. The minimum Gasteiger partial charge on any atom is -0.381 e. The summed E-state index contributed by atoms with van der Waals surface area (Å²) in [5.41, 5.74) is 2.65. The van der Waals surface area contributed by atoms with Crippen molar-refractivity contribution in [2.75, 3.05) is 5.32 Å². The van der Waals surface area contributed by atoms with Crippen LogP contribution >= 0.6 is 0 Å². The van der Waals surface area contributed by atoms with Gasteiger partial charge in [-0.3, -0.25) is 4.98 Å². The van der Waals surface area contributed by atoms with E-state index in [0.717, 1.165) is 0 Å². The van der Waals surface area contributed by atoms with Gasteiger partial charge in [-0.25, -0.2) is 0 Å². The number of para-hydroxylation sites is 1. The Hall–Kier alpha value is -1.83. The number of nitrogens with zero attached hydrogens (tertiary/aromatic N) is 1. The van der Waals surface area contributed by atoms with Crippen molar-refractivity contribution < 1.29 is 0 Å². The molecule has 1 saturated carbocycles. The van der Waals surface area contributed by atoms with Crippen LogP contribution < -0.4 is 5.32 Å². The second kappa shape index (κ2) is 4.13. The minimum absolute atomic E-state index is 0.268. The van der Waals surface area contributed by atoms with Crippen LogP contribution in [0.2, 0.25) is 0 Å². The molecule has 1 aromatic heterocycles. The monoisotopic (exact) mass is 238 g/mol. The van der Waals surface area contributed by atoms with Gasteiger partial charge in [0.15, 0.2) is 0 Å². The second-order valence-electron chi connectivity index (χ2n) is 5.54. The number of rotatable bonds is 3. The fraction of sp³-hybridized carbons (Fsp3) is 0.312. The first-order valence-electron chi connectivity index (χ1n) is 6.42. The molecule has 1 fully saturated rings. The molecule has 1 heterocycles. The summed E-state index contributed by atoms with van der Waals surface area (Å²) < 4.78 is 0. The number of aromatic nitrogens is 1. The molecular weight excluding hydrogens is 220 g/mol. The fourth-order valence-corrected chi connectivity index (χ4v) is 2.73. The molecule has 2 unspecified atom stereocenters. The second-order valence-corrected chi connectivity index (χ2v) is 5.54. The Bertz CT molecular complexity index is 519. The number of benzene rings is 1. The van der Waals surface area contributed by atoms with Gasteiger partial charge in [0.25, 0.3) is 0 Å². The third kappa shape index (κ3) is 1.88. The van der Waals surface area contributed by atoms with Crippen molar-refractivity contribution >= 4 is 5.69 Å². The zero-order valence-corrected chi connectivity index (χ0v) is 10.8. The van der Waals surface area contributed by atoms with Crippen molar-refractivity contribution in [3.8, 4) is 0 Å². The van der Waals surface area contributed by atoms with Gasteiger partial charge in [-0.1, -0.05) is 38.1 Å². The SMILES string of the molecule is CC1(C)C(Nc2ccccc2)C1c1ccccn1. The number of hydrogen-bond donors (Lipinski definition) is 1. The van der Waals surface area contributed by atoms with Crippen molar-refractivity contribution in [1.29, 1.82) is 0 Å². The van der Waals surface area contributed by atoms with Crippen LogP contribution in [0.1, 0.15) is 25.5 Å². The van der Waals surface area contributed by atoms with E-state index >= 15 is 0 Å². The van der Waals surface area contributed by atoms with E-state index in [-0.39, 0.29) is 5.41 Å². The number of hydrogen-bond acceptors (Lipinski definition) is 2. The molecular formula is C16H18N2. The average Bonchev–Trinajstić information content (AvgIpc) is 2.93. The van der Waals surface area contributed by atoms with E-state index in [1.165, 1.54) is 11.4 Å². The normalized spacial score (nSPS) is 24.6. The predicted octanol–water partition coefficient (Wildman–Crippen LogP) is 3.69. The third-order valence-electron chi connectivity index (χ3n) is 3.93. The maximum Gasteiger partial charge on any atom is 0.0461 e. The van der Waals surface area contributed by atoms with Crippen LogP contribution in [0.3, 0.4) is 0 Å². The van der Waals surface area contributed by atoms with E-state index in [9.17, 15) is 0 Å². The van der Waals surface area contributed by atoms with Crippen LogP contribution in [0, 0.1) is 5.41 Å². The summed E-state index contributed by atoms with van der Waals surface area (Å²) in [6.45, 7) is 4.60. The van der Waals surface area contributed by atoms with E-state index in [4.69, 9.17) is 0 Å². The quantitative estimate of drug-likeness (QED) is 0.882. The highest BCUT2D eigenvalue weighted by Crippen LogP contribution is 2.59. The molecule has 0 aliphatic heterocycles. The summed E-state index contributed by atoms with van der Waals surface area (Å²) >= 11 is 0. The summed E-state index contributed by atoms with van der Waals surface area (Å²) in [6.07, 6.45) is 1.88. The highest BCUT2D eigenvalue weighted by molar-refractivity contribution is 5.49. The van der Waals surface area contributed by atoms with Gasteiger partial charge in [0, 0.05) is 29.5 Å². The van der Waals surface area contributed by atoms with Gasteiger partial charge in [-0.15, -0.1) is 0 Å². The summed E-state index contributed by atoms with van der Waals surface area (Å²) in [7, 11) is 0. The Labute approximate surface area is 108 Å². The average molecular weight is 238 g/mol. The van der Waals surface area contributed by atoms with Crippen molar-refractivity contribution in [3.05, 3.63) is 60.4 Å². The van der Waals surface area contributed by atoms with Gasteiger partial charge >= 0.3 is 0 Å². The Morgan fingerprint density at radius 2 is 1.72 bits per heavy atom. The third-order valence-corrected chi connectivity index (χ3v) is 3.93. The van der Waals surface area contributed by atoms with Crippen LogP contribution in [0.15, 0.2) is 54.7 Å². The molecule has 1 N–H and O–H groups in total. The van der Waals surface area contributed by atoms with Crippen molar-refractivity contribution in [1.82, 2.24) is 4.98 Å². The molecule has 1 aliphatic rings. The lowest BCUT2D eigenvalue weighted by Gasteiger charge is -2.06. The smallest absolute Gasteiger partial charge is 0.0461 e. The summed E-state index contributed by atoms with van der Waals surface area (Å²) in [4.78, 5) is 4.49. The van der Waals surface area contributed by atoms with Crippen molar-refractivity contribution in [2.45, 2.75) is 25.8 Å². The van der Waals surface area contributed by atoms with Crippen molar-refractivity contribution in [2.24, 2.45) is 5.41 Å². The van der Waals surface area contributed by atoms with E-state index in [1.54, 1.807) is 0 Å². The highest BCUT2D eigenvalue weighted by atomic mass is 15.0. The van der Waals surface area contributed by atoms with E-state index in [2.05, 4.69) is 60.5 Å². The Balaban J connectivity index is 1.79. The largest absolute Gasteiger partial charge is 0.381 e. The fourth-order valence-electron chi connectivity index (χ4n) is 2.73. The maximum absolute atomic E-state index is 4.49. The van der Waals surface area contributed by atoms with Crippen LogP contribution in [-0.4, -0.2) is 11.0 Å². The molecule has 0 amide bonds. The minimum atomic E-state index is 0.268. The van der Waals surface area contributed by atoms with Crippen LogP contribution in [0.5, 0.6) is 0 Å². The van der Waals surface area contributed by atoms with Gasteiger partial charge in [-0.2, -0.15) is 0 Å². The first kappa shape index (κ1) is 11.3. The zero-order valence-electron chi connectivity index (χ0n) is 10.8. The molecule has 3 rings (SSSR count). The van der Waals surface area contributed by atoms with Crippen molar-refractivity contribution in [3.63, 3.8) is 0 Å². The lowest BCUT2D eigenvalue weighted by Crippen LogP contribution is -2.08. The predicted molar refractivity (Wildman–Crippen MR) is 74.6 cm³/mol. The molecule has 0 saturated heterocycles. The van der Waals surface area contributed by atoms with Gasteiger partial charge < -0.3 is 5.32 Å². The van der Waals surface area contributed by atoms with Crippen LogP contribution in [0.4, 0.5) is 5.69 Å². The van der Waals surface area contributed by atoms with Crippen LogP contribution in [-0.2, 0) is 0 Å². The van der Waals surface area contributed by atoms with Gasteiger partial charge in [0.05, 0.1) is 0 Å². The Kier molecular flexibility index (Phi) is 2.58. The summed E-state index contributed by atoms with van der Waals surface area (Å²) in [5, 5.41) is 3.61. The lowest BCUT2D eigenvalue weighted by molar-refractivity contribution is 0.603. The summed E-state index contributed by atoms with van der Waals surface area (Å²) in [5.74, 6) is 0.499. The van der Waals surface area contributed by atoms with Gasteiger partial charge in [0.2, 0.25) is 0 Å². The number of anilines is 1. The standard InChI is InChI=1S/C16H18N2/c1-16(2)14(13-10-6-7-11-17-13)15(16)18-12-8-4-3-5-9-12/h3-11,14-15,18H,1-2H3. The molecule has 1 aromatic carbocycles. The summed E-state index contributed by atoms with van der Waals surface area (Å²) in [6, 6.07) is 17.0. The molecule has 92 valence electrons.